The summed E-state index contributed by atoms with van der Waals surface area (Å²) in [6.07, 6.45) is 5.00. The summed E-state index contributed by atoms with van der Waals surface area (Å²) in [6.45, 7) is -0.0921. The smallest absolute Gasteiger partial charge is 0.269 e. The van der Waals surface area contributed by atoms with E-state index in [1.54, 1.807) is 18.3 Å². The van der Waals surface area contributed by atoms with Gasteiger partial charge in [0.2, 0.25) is 12.0 Å². The van der Waals surface area contributed by atoms with Crippen LogP contribution in [0.5, 0.6) is 5.88 Å². The molecule has 0 aliphatic heterocycles. The molecule has 1 saturated carbocycles. The maximum atomic E-state index is 13.1. The third-order valence-corrected chi connectivity index (χ3v) is 5.81. The lowest BCUT2D eigenvalue weighted by Crippen LogP contribution is -2.42. The third kappa shape index (κ3) is 4.94. The van der Waals surface area contributed by atoms with Crippen LogP contribution in [0.4, 0.5) is 5.82 Å². The van der Waals surface area contributed by atoms with Gasteiger partial charge in [0.25, 0.3) is 5.91 Å². The highest BCUT2D eigenvalue weighted by atomic mass is 35.5. The Labute approximate surface area is 209 Å². The molecule has 2 N–H and O–H groups in total. The van der Waals surface area contributed by atoms with Gasteiger partial charge in [0.1, 0.15) is 23.6 Å². The molecule has 1 aliphatic rings. The summed E-state index contributed by atoms with van der Waals surface area (Å²) in [5.74, 6) is 0.214. The van der Waals surface area contributed by atoms with Gasteiger partial charge in [-0.1, -0.05) is 11.6 Å². The lowest BCUT2D eigenvalue weighted by Gasteiger charge is -2.32. The summed E-state index contributed by atoms with van der Waals surface area (Å²) in [6, 6.07) is 8.41. The van der Waals surface area contributed by atoms with E-state index in [4.69, 9.17) is 26.3 Å². The van der Waals surface area contributed by atoms with Crippen molar-refractivity contribution < 1.29 is 19.4 Å². The molecule has 0 bridgehead atoms. The van der Waals surface area contributed by atoms with Crippen LogP contribution >= 0.6 is 11.6 Å². The van der Waals surface area contributed by atoms with Gasteiger partial charge in [0.15, 0.2) is 11.5 Å². The predicted octanol–water partition coefficient (Wildman–Crippen LogP) is 2.06. The van der Waals surface area contributed by atoms with Gasteiger partial charge in [-0.25, -0.2) is 19.9 Å². The Morgan fingerprint density at radius 2 is 2.11 bits per heavy atom. The predicted molar refractivity (Wildman–Crippen MR) is 126 cm³/mol. The molecule has 0 spiro atoms. The summed E-state index contributed by atoms with van der Waals surface area (Å²) < 4.78 is 13.2. The summed E-state index contributed by atoms with van der Waals surface area (Å²) in [4.78, 5) is 29.9. The van der Waals surface area contributed by atoms with Crippen LogP contribution in [0.1, 0.15) is 18.4 Å². The molecule has 0 aromatic carbocycles. The number of pyridine rings is 2. The van der Waals surface area contributed by atoms with Crippen molar-refractivity contribution in [2.24, 2.45) is 0 Å². The Morgan fingerprint density at radius 3 is 2.83 bits per heavy atom. The number of aliphatic hydroxyl groups is 1. The Bertz CT molecular complexity index is 1430. The van der Waals surface area contributed by atoms with Crippen LogP contribution in [0.25, 0.3) is 16.9 Å². The van der Waals surface area contributed by atoms with Crippen LogP contribution in [0, 0.1) is 11.3 Å². The van der Waals surface area contributed by atoms with E-state index in [2.05, 4.69) is 30.4 Å². The summed E-state index contributed by atoms with van der Waals surface area (Å²) >= 11 is 6.27. The van der Waals surface area contributed by atoms with Crippen LogP contribution in [0.15, 0.2) is 49.2 Å². The summed E-state index contributed by atoms with van der Waals surface area (Å²) in [5.41, 5.74) is 0.748. The fourth-order valence-electron chi connectivity index (χ4n) is 3.54. The van der Waals surface area contributed by atoms with Crippen molar-refractivity contribution >= 4 is 34.4 Å². The lowest BCUT2D eigenvalue weighted by atomic mass is 9.92. The van der Waals surface area contributed by atoms with E-state index in [1.807, 2.05) is 6.07 Å². The zero-order chi connectivity index (χ0) is 25.1. The second kappa shape index (κ2) is 10.2. The first-order chi connectivity index (χ1) is 17.5. The van der Waals surface area contributed by atoms with Gasteiger partial charge in [0, 0.05) is 12.4 Å². The van der Waals surface area contributed by atoms with Gasteiger partial charge < -0.3 is 19.9 Å². The number of hydrogen-bond acceptors (Lipinski definition) is 10. The minimum Gasteiger partial charge on any atom is -0.461 e. The van der Waals surface area contributed by atoms with E-state index in [9.17, 15) is 9.90 Å². The maximum Gasteiger partial charge on any atom is 0.269 e. The fraction of sp³-hybridized carbons (Fsp3) is 0.261. The molecule has 13 heteroatoms. The molecule has 0 unspecified atom stereocenters. The van der Waals surface area contributed by atoms with Gasteiger partial charge in [-0.3, -0.25) is 4.79 Å². The fourth-order valence-corrected chi connectivity index (χ4v) is 3.74. The number of aliphatic hydroxyl groups excluding tert-OH is 1. The molecule has 1 amide bonds. The number of carbonyl (C=O) groups is 1. The average Bonchev–Trinajstić information content (AvgIpc) is 3.30. The van der Waals surface area contributed by atoms with Gasteiger partial charge in [-0.2, -0.15) is 15.0 Å². The summed E-state index contributed by atoms with van der Waals surface area (Å²) in [5, 5.41) is 26.3. The zero-order valence-electron chi connectivity index (χ0n) is 18.7. The number of carbonyl (C=O) groups excluding carboxylic acids is 1. The molecular weight excluding hydrogens is 488 g/mol. The van der Waals surface area contributed by atoms with E-state index >= 15 is 0 Å². The number of ether oxygens (including phenoxy) is 2. The molecule has 4 aromatic heterocycles. The Hall–Kier alpha value is -4.18. The molecule has 0 saturated heterocycles. The SMILES string of the molecule is N#Cc1ccc(NC(=O)[C@H](COC2CC(O)C2)Oc2ncnc3c2cnn3-c2ncccc2Cl)nc1. The van der Waals surface area contributed by atoms with Crippen molar-refractivity contribution in [3.05, 3.63) is 59.8 Å². The molecule has 12 nitrogen and oxygen atoms in total. The number of anilines is 1. The van der Waals surface area contributed by atoms with E-state index < -0.39 is 18.1 Å². The van der Waals surface area contributed by atoms with Crippen LogP contribution in [0.3, 0.4) is 0 Å². The quantitative estimate of drug-likeness (QED) is 0.361. The van der Waals surface area contributed by atoms with E-state index in [1.165, 1.54) is 35.5 Å². The van der Waals surface area contributed by atoms with Crippen LogP contribution in [0.2, 0.25) is 5.02 Å². The number of fused-ring (bicyclic) bond motifs is 1. The molecule has 182 valence electrons. The number of nitrogens with zero attached hydrogens (tertiary/aromatic N) is 7. The second-order valence-electron chi connectivity index (χ2n) is 8.00. The average molecular weight is 507 g/mol. The number of hydrogen-bond donors (Lipinski definition) is 2. The standard InChI is InChI=1S/C23H19ClN8O4/c24-17-2-1-5-26-21(17)32-20-16(10-30-32)23(29-12-28-20)36-18(11-35-15-6-14(33)7-15)22(34)31-19-4-3-13(8-25)9-27-19/h1-5,9-10,12,14-15,18,33H,6-7,11H2,(H,27,31,34)/t14?,15?,18-/m0/s1. The third-order valence-electron chi connectivity index (χ3n) is 5.51. The van der Waals surface area contributed by atoms with Gasteiger partial charge in [-0.15, -0.1) is 0 Å². The van der Waals surface area contributed by atoms with Crippen LogP contribution in [-0.2, 0) is 9.53 Å². The van der Waals surface area contributed by atoms with Gasteiger partial charge in [-0.05, 0) is 37.1 Å². The Morgan fingerprint density at radius 1 is 1.25 bits per heavy atom. The molecule has 4 aromatic rings. The molecule has 5 rings (SSSR count). The largest absolute Gasteiger partial charge is 0.461 e. The number of nitriles is 1. The summed E-state index contributed by atoms with van der Waals surface area (Å²) in [7, 11) is 0. The minimum absolute atomic E-state index is 0.0921. The lowest BCUT2D eigenvalue weighted by molar-refractivity contribution is -0.131. The first-order valence-corrected chi connectivity index (χ1v) is 11.3. The maximum absolute atomic E-state index is 13.1. The first-order valence-electron chi connectivity index (χ1n) is 10.9. The van der Waals surface area contributed by atoms with Gasteiger partial charge in [0.05, 0.1) is 35.6 Å². The monoisotopic (exact) mass is 506 g/mol. The topological polar surface area (TPSA) is 161 Å². The molecule has 4 heterocycles. The minimum atomic E-state index is -1.11. The van der Waals surface area contributed by atoms with Crippen molar-refractivity contribution in [2.45, 2.75) is 31.2 Å². The van der Waals surface area contributed by atoms with E-state index in [0.29, 0.717) is 40.3 Å². The molecule has 1 aliphatic carbocycles. The van der Waals surface area contributed by atoms with Crippen LogP contribution < -0.4 is 10.1 Å². The van der Waals surface area contributed by atoms with E-state index in [0.717, 1.165) is 0 Å². The van der Waals surface area contributed by atoms with Crippen molar-refractivity contribution in [3.63, 3.8) is 0 Å². The molecule has 1 fully saturated rings. The van der Waals surface area contributed by atoms with E-state index in [-0.39, 0.29) is 24.4 Å². The Balaban J connectivity index is 1.40. The molecule has 0 radical (unpaired) electrons. The highest BCUT2D eigenvalue weighted by molar-refractivity contribution is 6.32. The number of halogens is 1. The van der Waals surface area contributed by atoms with Crippen molar-refractivity contribution in [3.8, 4) is 17.8 Å². The number of aromatic nitrogens is 6. The first kappa shape index (κ1) is 23.6. The molecular formula is C23H19ClN8O4. The number of nitrogens with one attached hydrogen (secondary N) is 1. The molecule has 1 atom stereocenters. The highest BCUT2D eigenvalue weighted by Crippen LogP contribution is 2.27. The zero-order valence-corrected chi connectivity index (χ0v) is 19.4. The van der Waals surface area contributed by atoms with Crippen LogP contribution in [-0.4, -0.2) is 65.6 Å². The number of rotatable bonds is 8. The van der Waals surface area contributed by atoms with Gasteiger partial charge >= 0.3 is 0 Å². The normalized spacial score (nSPS) is 17.7. The van der Waals surface area contributed by atoms with Crippen molar-refractivity contribution in [2.75, 3.05) is 11.9 Å². The Kier molecular flexibility index (Phi) is 6.68. The second-order valence-corrected chi connectivity index (χ2v) is 8.41. The van der Waals surface area contributed by atoms with Crippen molar-refractivity contribution in [1.82, 2.24) is 29.7 Å². The molecule has 36 heavy (non-hydrogen) atoms. The highest BCUT2D eigenvalue weighted by Gasteiger charge is 2.31. The van der Waals surface area contributed by atoms with Crippen molar-refractivity contribution in [1.29, 1.82) is 5.26 Å². The number of amides is 1.